The Bertz CT molecular complexity index is 614. The van der Waals surface area contributed by atoms with Crippen LogP contribution >= 0.6 is 0 Å². The molecule has 1 amide bonds. The monoisotopic (exact) mass is 348 g/mol. The number of rotatable bonds is 6. The third-order valence-electron chi connectivity index (χ3n) is 5.41. The summed E-state index contributed by atoms with van der Waals surface area (Å²) in [6.07, 6.45) is 5.77. The van der Waals surface area contributed by atoms with Crippen LogP contribution in [0.5, 0.6) is 0 Å². The Morgan fingerprint density at radius 3 is 2.48 bits per heavy atom. The molecule has 1 aliphatic carbocycles. The molecule has 5 nitrogen and oxygen atoms in total. The number of carbonyl (C=O) groups excluding carboxylic acids is 1. The van der Waals surface area contributed by atoms with Crippen molar-refractivity contribution in [2.75, 3.05) is 13.1 Å². The number of carboxylic acids is 1. The molecule has 3 rings (SSSR count). The second kappa shape index (κ2) is 7.95. The van der Waals surface area contributed by atoms with Gasteiger partial charge in [-0.05, 0) is 55.8 Å². The van der Waals surface area contributed by atoms with Gasteiger partial charge in [-0.25, -0.2) is 4.39 Å². The zero-order chi connectivity index (χ0) is 17.8. The van der Waals surface area contributed by atoms with E-state index < -0.39 is 12.0 Å². The van der Waals surface area contributed by atoms with E-state index in [0.29, 0.717) is 18.9 Å². The fourth-order valence-corrected chi connectivity index (χ4v) is 4.13. The van der Waals surface area contributed by atoms with Gasteiger partial charge in [-0.3, -0.25) is 14.5 Å². The summed E-state index contributed by atoms with van der Waals surface area (Å²) in [6.45, 7) is 0.733. The van der Waals surface area contributed by atoms with Gasteiger partial charge in [0.2, 0.25) is 5.91 Å². The number of hydrogen-bond donors (Lipinski definition) is 2. The molecular weight excluding hydrogens is 323 g/mol. The summed E-state index contributed by atoms with van der Waals surface area (Å²) in [5, 5.41) is 12.3. The predicted octanol–water partition coefficient (Wildman–Crippen LogP) is 2.72. The van der Waals surface area contributed by atoms with Crippen molar-refractivity contribution in [1.82, 2.24) is 10.2 Å². The van der Waals surface area contributed by atoms with Crippen LogP contribution in [0, 0.1) is 11.7 Å². The van der Waals surface area contributed by atoms with E-state index in [1.807, 2.05) is 0 Å². The van der Waals surface area contributed by atoms with Crippen LogP contribution in [0.15, 0.2) is 24.3 Å². The van der Waals surface area contributed by atoms with Crippen LogP contribution < -0.4 is 5.32 Å². The van der Waals surface area contributed by atoms with E-state index in [4.69, 9.17) is 0 Å². The first kappa shape index (κ1) is 17.9. The predicted molar refractivity (Wildman–Crippen MR) is 91.5 cm³/mol. The Balaban J connectivity index is 1.68. The molecule has 0 aromatic heterocycles. The molecule has 1 saturated carbocycles. The first-order valence-corrected chi connectivity index (χ1v) is 9.06. The Morgan fingerprint density at radius 1 is 1.16 bits per heavy atom. The molecule has 2 fully saturated rings. The number of carbonyl (C=O) groups is 2. The van der Waals surface area contributed by atoms with E-state index in [2.05, 4.69) is 5.32 Å². The first-order valence-electron chi connectivity index (χ1n) is 9.06. The molecule has 136 valence electrons. The van der Waals surface area contributed by atoms with E-state index in [1.54, 1.807) is 17.0 Å². The molecule has 6 heteroatoms. The Labute approximate surface area is 147 Å². The normalized spacial score (nSPS) is 22.8. The third kappa shape index (κ3) is 4.37. The number of carboxylic acid groups (broad SMARTS) is 1. The molecule has 0 bridgehead atoms. The lowest BCUT2D eigenvalue weighted by molar-refractivity contribution is -0.142. The number of aliphatic carboxylic acids is 1. The number of benzene rings is 1. The number of nitrogens with one attached hydrogen (secondary N) is 1. The number of amides is 1. The average Bonchev–Trinajstić information content (AvgIpc) is 3.25. The van der Waals surface area contributed by atoms with Gasteiger partial charge in [0.15, 0.2) is 0 Å². The van der Waals surface area contributed by atoms with Crippen LogP contribution in [0.1, 0.15) is 50.1 Å². The van der Waals surface area contributed by atoms with Crippen molar-refractivity contribution in [2.45, 2.75) is 50.6 Å². The van der Waals surface area contributed by atoms with Gasteiger partial charge < -0.3 is 10.4 Å². The number of hydrogen-bond acceptors (Lipinski definition) is 3. The summed E-state index contributed by atoms with van der Waals surface area (Å²) in [5.74, 6) is -0.963. The maximum absolute atomic E-state index is 13.2. The third-order valence-corrected chi connectivity index (χ3v) is 5.41. The molecule has 1 saturated heterocycles. The molecule has 1 heterocycles. The van der Waals surface area contributed by atoms with Crippen molar-refractivity contribution in [3.8, 4) is 0 Å². The summed E-state index contributed by atoms with van der Waals surface area (Å²) < 4.78 is 13.2. The highest BCUT2D eigenvalue weighted by Gasteiger charge is 2.33. The molecule has 0 spiro atoms. The van der Waals surface area contributed by atoms with Crippen LogP contribution in [-0.4, -0.2) is 41.0 Å². The van der Waals surface area contributed by atoms with Crippen molar-refractivity contribution in [3.63, 3.8) is 0 Å². The molecule has 0 radical (unpaired) electrons. The minimum Gasteiger partial charge on any atom is -0.480 e. The highest BCUT2D eigenvalue weighted by molar-refractivity contribution is 5.80. The van der Waals surface area contributed by atoms with Gasteiger partial charge in [-0.1, -0.05) is 25.0 Å². The van der Waals surface area contributed by atoms with Crippen molar-refractivity contribution < 1.29 is 19.1 Å². The minimum absolute atomic E-state index is 0.0986. The van der Waals surface area contributed by atoms with Crippen LogP contribution in [0.3, 0.4) is 0 Å². The number of halogens is 1. The lowest BCUT2D eigenvalue weighted by Gasteiger charge is -2.27. The molecule has 25 heavy (non-hydrogen) atoms. The van der Waals surface area contributed by atoms with E-state index in [1.165, 1.54) is 12.1 Å². The molecule has 1 unspecified atom stereocenters. The van der Waals surface area contributed by atoms with Crippen LogP contribution in [0.4, 0.5) is 4.39 Å². The van der Waals surface area contributed by atoms with Gasteiger partial charge in [0.05, 0.1) is 12.6 Å². The molecule has 1 aromatic carbocycles. The topological polar surface area (TPSA) is 69.6 Å². The largest absolute Gasteiger partial charge is 0.480 e. The van der Waals surface area contributed by atoms with Crippen LogP contribution in [0.25, 0.3) is 0 Å². The van der Waals surface area contributed by atoms with E-state index in [-0.39, 0.29) is 24.3 Å². The summed E-state index contributed by atoms with van der Waals surface area (Å²) in [4.78, 5) is 25.6. The number of nitrogens with zero attached hydrogens (tertiary/aromatic N) is 1. The summed E-state index contributed by atoms with van der Waals surface area (Å²) in [6, 6.07) is 5.60. The van der Waals surface area contributed by atoms with Gasteiger partial charge >= 0.3 is 5.97 Å². The molecule has 2 aliphatic rings. The second-order valence-electron chi connectivity index (χ2n) is 7.11. The Kier molecular flexibility index (Phi) is 5.68. The standard InChI is InChI=1S/C19H25FN2O3/c20-15-9-7-14(8-10-15)18(13-4-1-2-5-13)21-17(23)12-22-11-3-6-16(22)19(24)25/h7-10,13,16,18H,1-6,11-12H2,(H,21,23)(H,24,25)/t16-,18?/m0/s1. The van der Waals surface area contributed by atoms with Crippen molar-refractivity contribution in [3.05, 3.63) is 35.6 Å². The zero-order valence-electron chi connectivity index (χ0n) is 14.3. The number of likely N-dealkylation sites (tertiary alicyclic amines) is 1. The maximum Gasteiger partial charge on any atom is 0.320 e. The Hall–Kier alpha value is -1.95. The van der Waals surface area contributed by atoms with Crippen molar-refractivity contribution in [1.29, 1.82) is 0 Å². The van der Waals surface area contributed by atoms with Crippen LogP contribution in [0.2, 0.25) is 0 Å². The van der Waals surface area contributed by atoms with E-state index in [9.17, 15) is 19.1 Å². The first-order chi connectivity index (χ1) is 12.0. The van der Waals surface area contributed by atoms with Gasteiger partial charge in [0.25, 0.3) is 0 Å². The van der Waals surface area contributed by atoms with Gasteiger partial charge in [0, 0.05) is 0 Å². The smallest absolute Gasteiger partial charge is 0.320 e. The quantitative estimate of drug-likeness (QED) is 0.829. The fourth-order valence-electron chi connectivity index (χ4n) is 4.13. The van der Waals surface area contributed by atoms with E-state index >= 15 is 0 Å². The highest BCUT2D eigenvalue weighted by atomic mass is 19.1. The SMILES string of the molecule is O=C(CN1CCC[C@H]1C(=O)O)NC(c1ccc(F)cc1)C1CCCC1. The van der Waals surface area contributed by atoms with Crippen molar-refractivity contribution in [2.24, 2.45) is 5.92 Å². The Morgan fingerprint density at radius 2 is 1.84 bits per heavy atom. The average molecular weight is 348 g/mol. The minimum atomic E-state index is -0.865. The second-order valence-corrected chi connectivity index (χ2v) is 7.11. The summed E-state index contributed by atoms with van der Waals surface area (Å²) >= 11 is 0. The highest BCUT2D eigenvalue weighted by Crippen LogP contribution is 2.35. The maximum atomic E-state index is 13.2. The van der Waals surface area contributed by atoms with Gasteiger partial charge in [-0.15, -0.1) is 0 Å². The van der Waals surface area contributed by atoms with Gasteiger partial charge in [0.1, 0.15) is 11.9 Å². The molecule has 2 N–H and O–H groups in total. The lowest BCUT2D eigenvalue weighted by atomic mass is 9.91. The lowest BCUT2D eigenvalue weighted by Crippen LogP contribution is -2.44. The van der Waals surface area contributed by atoms with Gasteiger partial charge in [-0.2, -0.15) is 0 Å². The fraction of sp³-hybridized carbons (Fsp3) is 0.579. The molecule has 2 atom stereocenters. The molecule has 1 aromatic rings. The molecular formula is C19H25FN2O3. The summed E-state index contributed by atoms with van der Waals surface area (Å²) in [7, 11) is 0. The van der Waals surface area contributed by atoms with E-state index in [0.717, 1.165) is 37.7 Å². The molecule has 1 aliphatic heterocycles. The van der Waals surface area contributed by atoms with Crippen molar-refractivity contribution >= 4 is 11.9 Å². The van der Waals surface area contributed by atoms with Crippen LogP contribution in [-0.2, 0) is 9.59 Å². The summed E-state index contributed by atoms with van der Waals surface area (Å²) in [5.41, 5.74) is 0.915. The zero-order valence-corrected chi connectivity index (χ0v) is 14.3.